The third-order valence-corrected chi connectivity index (χ3v) is 5.64. The second kappa shape index (κ2) is 6.86. The van der Waals surface area contributed by atoms with Crippen LogP contribution in [0.5, 0.6) is 0 Å². The van der Waals surface area contributed by atoms with E-state index in [2.05, 4.69) is 20.4 Å². The number of carbonyl (C=O) groups is 1. The van der Waals surface area contributed by atoms with E-state index in [1.165, 1.54) is 24.6 Å². The predicted molar refractivity (Wildman–Crippen MR) is 90.0 cm³/mol. The molecule has 3 aliphatic rings. The van der Waals surface area contributed by atoms with Gasteiger partial charge >= 0.3 is 5.89 Å². The highest BCUT2D eigenvalue weighted by molar-refractivity contribution is 7.99. The first kappa shape index (κ1) is 16.1. The molecule has 0 unspecified atom stereocenters. The van der Waals surface area contributed by atoms with Crippen molar-refractivity contribution in [1.29, 1.82) is 5.26 Å². The largest absolute Gasteiger partial charge is 0.403 e. The van der Waals surface area contributed by atoms with E-state index < -0.39 is 0 Å². The van der Waals surface area contributed by atoms with Crippen LogP contribution in [0.25, 0.3) is 0 Å². The van der Waals surface area contributed by atoms with Gasteiger partial charge in [-0.05, 0) is 67.9 Å². The van der Waals surface area contributed by atoms with Crippen molar-refractivity contribution >= 4 is 17.7 Å². The molecule has 1 atom stereocenters. The lowest BCUT2D eigenvalue weighted by atomic mass is 9.84. The number of hydrogen-bond acceptors (Lipinski definition) is 7. The number of nitrogens with one attached hydrogen (secondary N) is 1. The summed E-state index contributed by atoms with van der Waals surface area (Å²) in [6.07, 6.45) is 2.35. The molecule has 0 radical (unpaired) electrons. The molecule has 1 N–H and O–H groups in total. The summed E-state index contributed by atoms with van der Waals surface area (Å²) >= 11 is 1.26. The van der Waals surface area contributed by atoms with Gasteiger partial charge in [0.1, 0.15) is 0 Å². The van der Waals surface area contributed by atoms with E-state index in [4.69, 9.17) is 9.68 Å². The van der Waals surface area contributed by atoms with Gasteiger partial charge in [-0.2, -0.15) is 5.26 Å². The molecule has 8 heteroatoms. The van der Waals surface area contributed by atoms with Crippen molar-refractivity contribution in [3.63, 3.8) is 0 Å². The molecule has 7 nitrogen and oxygen atoms in total. The van der Waals surface area contributed by atoms with E-state index in [0.717, 1.165) is 24.5 Å². The number of piperidine rings is 3. The van der Waals surface area contributed by atoms with Gasteiger partial charge in [0.25, 0.3) is 11.1 Å². The second-order valence-electron chi connectivity index (χ2n) is 6.33. The number of nitriles is 1. The molecule has 0 spiro atoms. The topological polar surface area (TPSA) is 95.0 Å². The standard InChI is InChI=1S/C17H17N5O2S/c18-9-15-20-21-17(24-15)25-13-3-1-12(2-4-13)16(23)19-14-10-22-7-5-11(14)6-8-22/h1-4,11,14H,5-8,10H2,(H,19,23)/t14-/m0/s1. The minimum atomic E-state index is -0.0592. The fourth-order valence-corrected chi connectivity index (χ4v) is 4.13. The third kappa shape index (κ3) is 3.52. The Labute approximate surface area is 149 Å². The number of aromatic nitrogens is 2. The summed E-state index contributed by atoms with van der Waals surface area (Å²) in [5.74, 6) is 0.520. The minimum Gasteiger partial charge on any atom is -0.403 e. The molecule has 3 aliphatic heterocycles. The first-order valence-corrected chi connectivity index (χ1v) is 9.07. The van der Waals surface area contributed by atoms with Gasteiger partial charge in [-0.1, -0.05) is 10.2 Å². The SMILES string of the molecule is N#Cc1nnc(Sc2ccc(C(=O)N[C@H]3CN4CCC3CC4)cc2)o1. The summed E-state index contributed by atoms with van der Waals surface area (Å²) in [5.41, 5.74) is 0.643. The van der Waals surface area contributed by atoms with Gasteiger partial charge in [-0.15, -0.1) is 0 Å². The maximum Gasteiger partial charge on any atom is 0.321 e. The molecule has 1 aromatic heterocycles. The predicted octanol–water partition coefficient (Wildman–Crippen LogP) is 1.92. The molecule has 128 valence electrons. The van der Waals surface area contributed by atoms with Crippen LogP contribution in [-0.4, -0.2) is 46.7 Å². The van der Waals surface area contributed by atoms with Crippen LogP contribution in [0, 0.1) is 17.2 Å². The zero-order chi connectivity index (χ0) is 17.2. The Hall–Kier alpha value is -2.37. The number of fused-ring (bicyclic) bond motifs is 3. The van der Waals surface area contributed by atoms with Crippen molar-refractivity contribution in [2.75, 3.05) is 19.6 Å². The number of nitrogens with zero attached hydrogens (tertiary/aromatic N) is 4. The average Bonchev–Trinajstić information content (AvgIpc) is 3.11. The number of rotatable bonds is 4. The van der Waals surface area contributed by atoms with Gasteiger partial charge in [0.2, 0.25) is 0 Å². The zero-order valence-corrected chi connectivity index (χ0v) is 14.3. The van der Waals surface area contributed by atoms with E-state index >= 15 is 0 Å². The lowest BCUT2D eigenvalue weighted by Crippen LogP contribution is -2.57. The normalized spacial score (nSPS) is 24.7. The maximum absolute atomic E-state index is 12.5. The molecular weight excluding hydrogens is 338 g/mol. The summed E-state index contributed by atoms with van der Waals surface area (Å²) in [6, 6.07) is 9.32. The van der Waals surface area contributed by atoms with E-state index in [0.29, 0.717) is 16.7 Å². The van der Waals surface area contributed by atoms with Crippen LogP contribution in [0.3, 0.4) is 0 Å². The summed E-state index contributed by atoms with van der Waals surface area (Å²) in [4.78, 5) is 15.8. The smallest absolute Gasteiger partial charge is 0.321 e. The lowest BCUT2D eigenvalue weighted by Gasteiger charge is -2.44. The van der Waals surface area contributed by atoms with Gasteiger partial charge in [-0.3, -0.25) is 4.79 Å². The molecule has 0 saturated carbocycles. The number of carbonyl (C=O) groups excluding carboxylic acids is 1. The fraction of sp³-hybridized carbons (Fsp3) is 0.412. The van der Waals surface area contributed by atoms with Crippen molar-refractivity contribution in [2.45, 2.75) is 29.0 Å². The molecule has 1 aromatic carbocycles. The minimum absolute atomic E-state index is 0.0279. The van der Waals surface area contributed by atoms with Crippen LogP contribution in [-0.2, 0) is 0 Å². The molecule has 3 fully saturated rings. The van der Waals surface area contributed by atoms with Crippen LogP contribution in [0.2, 0.25) is 0 Å². The number of hydrogen-bond donors (Lipinski definition) is 1. The zero-order valence-electron chi connectivity index (χ0n) is 13.5. The number of benzene rings is 1. The van der Waals surface area contributed by atoms with Crippen LogP contribution in [0.4, 0.5) is 0 Å². The van der Waals surface area contributed by atoms with Crippen LogP contribution < -0.4 is 5.32 Å². The van der Waals surface area contributed by atoms with Crippen molar-refractivity contribution in [3.8, 4) is 6.07 Å². The highest BCUT2D eigenvalue weighted by atomic mass is 32.2. The second-order valence-corrected chi connectivity index (χ2v) is 7.35. The quantitative estimate of drug-likeness (QED) is 0.895. The summed E-state index contributed by atoms with van der Waals surface area (Å²) in [7, 11) is 0. The van der Waals surface area contributed by atoms with Crippen LogP contribution >= 0.6 is 11.8 Å². The van der Waals surface area contributed by atoms with Crippen molar-refractivity contribution < 1.29 is 9.21 Å². The molecule has 3 saturated heterocycles. The maximum atomic E-state index is 12.5. The van der Waals surface area contributed by atoms with Gasteiger partial charge in [0.05, 0.1) is 0 Å². The summed E-state index contributed by atoms with van der Waals surface area (Å²) in [5, 5.41) is 19.5. The Morgan fingerprint density at radius 1 is 1.28 bits per heavy atom. The molecule has 1 amide bonds. The molecular formula is C17H17N5O2S. The van der Waals surface area contributed by atoms with Crippen LogP contribution in [0.15, 0.2) is 38.8 Å². The molecule has 2 bridgehead atoms. The Morgan fingerprint density at radius 2 is 2.04 bits per heavy atom. The molecule has 5 rings (SSSR count). The Morgan fingerprint density at radius 3 is 2.64 bits per heavy atom. The Balaban J connectivity index is 1.38. The van der Waals surface area contributed by atoms with Crippen molar-refractivity contribution in [1.82, 2.24) is 20.4 Å². The first-order valence-electron chi connectivity index (χ1n) is 8.26. The van der Waals surface area contributed by atoms with Gasteiger partial charge in [0.15, 0.2) is 6.07 Å². The Kier molecular flexibility index (Phi) is 4.42. The lowest BCUT2D eigenvalue weighted by molar-refractivity contribution is 0.0620. The van der Waals surface area contributed by atoms with Crippen molar-refractivity contribution in [3.05, 3.63) is 35.7 Å². The van der Waals surface area contributed by atoms with Crippen molar-refractivity contribution in [2.24, 2.45) is 5.92 Å². The highest BCUT2D eigenvalue weighted by Gasteiger charge is 2.34. The summed E-state index contributed by atoms with van der Waals surface area (Å²) in [6.45, 7) is 3.28. The van der Waals surface area contributed by atoms with Gasteiger partial charge < -0.3 is 14.6 Å². The molecule has 0 aliphatic carbocycles. The highest BCUT2D eigenvalue weighted by Crippen LogP contribution is 2.28. The Bertz CT molecular complexity index is 805. The van der Waals surface area contributed by atoms with Gasteiger partial charge in [0, 0.05) is 23.0 Å². The van der Waals surface area contributed by atoms with E-state index in [1.807, 2.05) is 12.1 Å². The molecule has 2 aromatic rings. The molecule has 4 heterocycles. The fourth-order valence-electron chi connectivity index (χ4n) is 3.45. The summed E-state index contributed by atoms with van der Waals surface area (Å²) < 4.78 is 5.14. The van der Waals surface area contributed by atoms with Gasteiger partial charge in [-0.25, -0.2) is 0 Å². The van der Waals surface area contributed by atoms with E-state index in [-0.39, 0.29) is 17.8 Å². The average molecular weight is 355 g/mol. The first-order chi connectivity index (χ1) is 12.2. The third-order valence-electron chi connectivity index (χ3n) is 4.80. The molecule has 25 heavy (non-hydrogen) atoms. The van der Waals surface area contributed by atoms with Crippen LogP contribution in [0.1, 0.15) is 29.1 Å². The van der Waals surface area contributed by atoms with E-state index in [9.17, 15) is 4.79 Å². The van der Waals surface area contributed by atoms with E-state index in [1.54, 1.807) is 18.2 Å². The number of amides is 1. The monoisotopic (exact) mass is 355 g/mol.